The normalized spacial score (nSPS) is 12.0. The quantitative estimate of drug-likeness (QED) is 0.199. The summed E-state index contributed by atoms with van der Waals surface area (Å²) < 4.78 is 96.1. The molecular formula is C29H23F5N2O3S2. The van der Waals surface area contributed by atoms with Gasteiger partial charge in [-0.05, 0) is 65.2 Å². The van der Waals surface area contributed by atoms with Gasteiger partial charge in [-0.3, -0.25) is 4.79 Å². The average molecular weight is 607 g/mol. The van der Waals surface area contributed by atoms with Crippen LogP contribution in [0.4, 0.5) is 22.0 Å². The molecule has 214 valence electrons. The molecule has 0 spiro atoms. The average Bonchev–Trinajstić information content (AvgIpc) is 3.40. The van der Waals surface area contributed by atoms with Crippen molar-refractivity contribution in [3.8, 4) is 27.8 Å². The number of sulfone groups is 1. The van der Waals surface area contributed by atoms with Crippen LogP contribution in [0.2, 0.25) is 0 Å². The van der Waals surface area contributed by atoms with E-state index < -0.39 is 50.9 Å². The summed E-state index contributed by atoms with van der Waals surface area (Å²) in [5.41, 5.74) is -2.51. The maximum Gasteiger partial charge on any atom is 0.417 e. The van der Waals surface area contributed by atoms with Gasteiger partial charge in [-0.25, -0.2) is 17.2 Å². The fraction of sp³-hybridized carbons (Fsp3) is 0.241. The maximum absolute atomic E-state index is 14.5. The number of pyridine rings is 1. The Hall–Kier alpha value is -3.82. The van der Waals surface area contributed by atoms with Gasteiger partial charge in [0.25, 0.3) is 5.56 Å². The summed E-state index contributed by atoms with van der Waals surface area (Å²) in [6.45, 7) is 3.04. The largest absolute Gasteiger partial charge is 0.417 e. The Labute approximate surface area is 237 Å². The van der Waals surface area contributed by atoms with Crippen LogP contribution in [-0.2, 0) is 29.0 Å². The fourth-order valence-electron chi connectivity index (χ4n) is 4.38. The van der Waals surface area contributed by atoms with Crippen molar-refractivity contribution in [2.24, 2.45) is 0 Å². The van der Waals surface area contributed by atoms with E-state index in [2.05, 4.69) is 0 Å². The molecule has 2 aromatic carbocycles. The molecule has 0 aliphatic heterocycles. The van der Waals surface area contributed by atoms with E-state index in [1.165, 1.54) is 18.2 Å². The van der Waals surface area contributed by atoms with Crippen molar-refractivity contribution in [2.75, 3.05) is 5.75 Å². The van der Waals surface area contributed by atoms with Gasteiger partial charge in [0.15, 0.2) is 9.84 Å². The van der Waals surface area contributed by atoms with Gasteiger partial charge in [-0.15, -0.1) is 11.3 Å². The Balaban J connectivity index is 1.93. The highest BCUT2D eigenvalue weighted by Gasteiger charge is 2.37. The van der Waals surface area contributed by atoms with Crippen molar-refractivity contribution < 1.29 is 30.4 Å². The minimum Gasteiger partial charge on any atom is -0.302 e. The third-order valence-corrected chi connectivity index (χ3v) is 9.31. The molecule has 0 atom stereocenters. The number of aromatic nitrogens is 1. The van der Waals surface area contributed by atoms with E-state index in [4.69, 9.17) is 0 Å². The minimum atomic E-state index is -5.03. The van der Waals surface area contributed by atoms with E-state index in [1.807, 2.05) is 6.92 Å². The topological polar surface area (TPSA) is 79.9 Å². The number of halogens is 5. The number of thiophene rings is 1. The molecule has 2 aromatic heterocycles. The second-order valence-electron chi connectivity index (χ2n) is 9.29. The van der Waals surface area contributed by atoms with Gasteiger partial charge >= 0.3 is 6.18 Å². The van der Waals surface area contributed by atoms with Crippen LogP contribution in [0.5, 0.6) is 0 Å². The van der Waals surface area contributed by atoms with Crippen LogP contribution in [0.25, 0.3) is 21.7 Å². The summed E-state index contributed by atoms with van der Waals surface area (Å²) in [6, 6.07) is 11.0. The molecular weight excluding hydrogens is 583 g/mol. The third kappa shape index (κ3) is 6.26. The number of nitriles is 1. The molecule has 4 aromatic rings. The molecule has 0 amide bonds. The third-order valence-electron chi connectivity index (χ3n) is 6.45. The summed E-state index contributed by atoms with van der Waals surface area (Å²) in [6.07, 6.45) is -4.08. The Kier molecular flexibility index (Phi) is 8.52. The molecule has 0 N–H and O–H groups in total. The number of hydrogen-bond acceptors (Lipinski definition) is 5. The fourth-order valence-corrected chi connectivity index (χ4v) is 6.73. The zero-order valence-corrected chi connectivity index (χ0v) is 23.5. The van der Waals surface area contributed by atoms with Crippen LogP contribution in [-0.4, -0.2) is 18.7 Å². The van der Waals surface area contributed by atoms with Gasteiger partial charge in [0, 0.05) is 11.6 Å². The number of hydrogen-bond donors (Lipinski definition) is 0. The minimum absolute atomic E-state index is 0.0494. The van der Waals surface area contributed by atoms with E-state index in [1.54, 1.807) is 24.4 Å². The molecule has 0 aliphatic rings. The highest BCUT2D eigenvalue weighted by Crippen LogP contribution is 2.38. The molecule has 2 heterocycles. The van der Waals surface area contributed by atoms with Crippen LogP contribution in [0, 0.1) is 23.0 Å². The second kappa shape index (κ2) is 11.6. The van der Waals surface area contributed by atoms with Crippen LogP contribution >= 0.6 is 11.3 Å². The van der Waals surface area contributed by atoms with Crippen molar-refractivity contribution in [2.45, 2.75) is 44.3 Å². The van der Waals surface area contributed by atoms with Crippen molar-refractivity contribution in [1.82, 2.24) is 4.57 Å². The molecule has 5 nitrogen and oxygen atoms in total. The van der Waals surface area contributed by atoms with E-state index in [-0.39, 0.29) is 26.8 Å². The highest BCUT2D eigenvalue weighted by molar-refractivity contribution is 7.91. The molecule has 0 saturated heterocycles. The molecule has 41 heavy (non-hydrogen) atoms. The summed E-state index contributed by atoms with van der Waals surface area (Å²) >= 11 is 0.994. The molecule has 0 radical (unpaired) electrons. The van der Waals surface area contributed by atoms with E-state index >= 15 is 0 Å². The van der Waals surface area contributed by atoms with Crippen LogP contribution in [0.3, 0.4) is 0 Å². The highest BCUT2D eigenvalue weighted by atomic mass is 32.2. The van der Waals surface area contributed by atoms with Gasteiger partial charge in [-0.1, -0.05) is 26.0 Å². The van der Waals surface area contributed by atoms with Gasteiger partial charge in [0.1, 0.15) is 23.3 Å². The Bertz CT molecular complexity index is 1830. The lowest BCUT2D eigenvalue weighted by molar-refractivity contribution is -0.137. The lowest BCUT2D eigenvalue weighted by atomic mass is 10.0. The Morgan fingerprint density at radius 3 is 2.34 bits per heavy atom. The molecule has 0 fully saturated rings. The van der Waals surface area contributed by atoms with Crippen molar-refractivity contribution in [3.63, 3.8) is 0 Å². The lowest BCUT2D eigenvalue weighted by Gasteiger charge is -2.17. The number of benzene rings is 2. The SMILES string of the molecule is CCCS(=O)(=O)c1cc(CC)cc(-c2csc(-c3cc(C(F)(F)F)c(C#N)c(=O)n3Cc3ccc(F)cc3F)c2)c1. The summed E-state index contributed by atoms with van der Waals surface area (Å²) in [5, 5.41) is 11.0. The van der Waals surface area contributed by atoms with Crippen LogP contribution in [0.15, 0.2) is 63.6 Å². The van der Waals surface area contributed by atoms with E-state index in [0.29, 0.717) is 36.1 Å². The van der Waals surface area contributed by atoms with Gasteiger partial charge < -0.3 is 4.57 Å². The van der Waals surface area contributed by atoms with Gasteiger partial charge in [-0.2, -0.15) is 18.4 Å². The Morgan fingerprint density at radius 2 is 1.73 bits per heavy atom. The summed E-state index contributed by atoms with van der Waals surface area (Å²) in [5.74, 6) is -1.93. The van der Waals surface area contributed by atoms with Gasteiger partial charge in [0.05, 0.1) is 33.3 Å². The monoisotopic (exact) mass is 606 g/mol. The van der Waals surface area contributed by atoms with Crippen molar-refractivity contribution in [1.29, 1.82) is 5.26 Å². The zero-order valence-electron chi connectivity index (χ0n) is 21.9. The van der Waals surface area contributed by atoms with Crippen LogP contribution in [0.1, 0.15) is 42.5 Å². The number of rotatable bonds is 8. The predicted octanol–water partition coefficient (Wildman–Crippen LogP) is 7.21. The van der Waals surface area contributed by atoms with E-state index in [0.717, 1.165) is 33.6 Å². The first-order valence-corrected chi connectivity index (χ1v) is 15.0. The van der Waals surface area contributed by atoms with Crippen molar-refractivity contribution in [3.05, 3.63) is 98.2 Å². The molecule has 12 heteroatoms. The molecule has 4 rings (SSSR count). The number of aryl methyl sites for hydroxylation is 1. The summed E-state index contributed by atoms with van der Waals surface area (Å²) in [7, 11) is -3.56. The van der Waals surface area contributed by atoms with Crippen LogP contribution < -0.4 is 5.56 Å². The number of alkyl halides is 3. The first-order chi connectivity index (χ1) is 19.3. The smallest absolute Gasteiger partial charge is 0.302 e. The first kappa shape index (κ1) is 30.1. The Morgan fingerprint density at radius 1 is 1.00 bits per heavy atom. The second-order valence-corrected chi connectivity index (χ2v) is 12.3. The summed E-state index contributed by atoms with van der Waals surface area (Å²) in [4.78, 5) is 13.5. The molecule has 0 bridgehead atoms. The maximum atomic E-state index is 14.5. The molecule has 0 unspecified atom stereocenters. The van der Waals surface area contributed by atoms with Crippen molar-refractivity contribution >= 4 is 21.2 Å². The first-order valence-electron chi connectivity index (χ1n) is 12.4. The van der Waals surface area contributed by atoms with Gasteiger partial charge in [0.2, 0.25) is 0 Å². The lowest BCUT2D eigenvalue weighted by Crippen LogP contribution is -2.28. The molecule has 0 aliphatic carbocycles. The standard InChI is InChI=1S/C29H23F5N2O3S2/c1-3-7-41(38,39)22-9-17(4-2)8-19(10-22)20-11-27(40-16-20)26-13-24(29(32,33)34)23(14-35)28(37)36(26)15-18-5-6-21(30)12-25(18)31/h5-6,8-13,16H,3-4,7,15H2,1-2H3. The molecule has 0 saturated carbocycles. The zero-order chi connectivity index (χ0) is 30.1. The predicted molar refractivity (Wildman–Crippen MR) is 146 cm³/mol. The number of nitrogens with zero attached hydrogens (tertiary/aromatic N) is 2. The van der Waals surface area contributed by atoms with E-state index in [9.17, 15) is 40.4 Å².